The van der Waals surface area contributed by atoms with E-state index in [0.717, 1.165) is 12.5 Å². The van der Waals surface area contributed by atoms with Crippen LogP contribution in [-0.2, 0) is 4.74 Å². The van der Waals surface area contributed by atoms with Crippen LogP contribution in [0.1, 0.15) is 53.4 Å². The van der Waals surface area contributed by atoms with Crippen LogP contribution in [0.15, 0.2) is 0 Å². The lowest BCUT2D eigenvalue weighted by atomic mass is 9.75. The van der Waals surface area contributed by atoms with E-state index in [0.29, 0.717) is 17.7 Å². The normalized spacial score (nSPS) is 36.0. The quantitative estimate of drug-likeness (QED) is 0.732. The molecule has 2 saturated heterocycles. The fourth-order valence-corrected chi connectivity index (χ4v) is 3.46. The molecular formula is C14H27NO. The molecule has 2 nitrogen and oxygen atoms in total. The van der Waals surface area contributed by atoms with E-state index in [4.69, 9.17) is 4.74 Å². The van der Waals surface area contributed by atoms with E-state index in [9.17, 15) is 0 Å². The minimum atomic E-state index is 0.399. The molecule has 2 rings (SSSR count). The van der Waals surface area contributed by atoms with Crippen molar-refractivity contribution in [2.75, 3.05) is 13.2 Å². The first-order chi connectivity index (χ1) is 7.56. The number of hydrogen-bond donors (Lipinski definition) is 0. The van der Waals surface area contributed by atoms with Crippen molar-refractivity contribution < 1.29 is 4.74 Å². The highest BCUT2D eigenvalue weighted by molar-refractivity contribution is 5.07. The average Bonchev–Trinajstić information content (AvgIpc) is 2.24. The lowest BCUT2D eigenvalue weighted by Crippen LogP contribution is -2.71. The standard InChI is InChI=1S/C14H27NO/c1-11(2)9-13-14(10-16-13)7-5-6-8-15(14)12(3)4/h11-13H,5-10H2,1-4H3. The molecule has 94 valence electrons. The molecule has 0 saturated carbocycles. The van der Waals surface area contributed by atoms with Gasteiger partial charge in [-0.3, -0.25) is 4.90 Å². The summed E-state index contributed by atoms with van der Waals surface area (Å²) in [7, 11) is 0. The summed E-state index contributed by atoms with van der Waals surface area (Å²) in [6, 6.07) is 0.666. The Bertz CT molecular complexity index is 239. The van der Waals surface area contributed by atoms with E-state index in [1.165, 1.54) is 32.2 Å². The second kappa shape index (κ2) is 4.66. The van der Waals surface area contributed by atoms with Crippen molar-refractivity contribution in [2.24, 2.45) is 5.92 Å². The van der Waals surface area contributed by atoms with Crippen LogP contribution in [0.4, 0.5) is 0 Å². The van der Waals surface area contributed by atoms with E-state index >= 15 is 0 Å². The third-order valence-corrected chi connectivity index (χ3v) is 4.27. The largest absolute Gasteiger partial charge is 0.374 e. The summed E-state index contributed by atoms with van der Waals surface area (Å²) in [6.07, 6.45) is 5.83. The Labute approximate surface area is 100 Å². The monoisotopic (exact) mass is 225 g/mol. The zero-order valence-corrected chi connectivity index (χ0v) is 11.3. The van der Waals surface area contributed by atoms with Gasteiger partial charge in [0.15, 0.2) is 0 Å². The van der Waals surface area contributed by atoms with Crippen LogP contribution in [0.25, 0.3) is 0 Å². The lowest BCUT2D eigenvalue weighted by molar-refractivity contribution is -0.227. The molecule has 2 aliphatic heterocycles. The zero-order valence-electron chi connectivity index (χ0n) is 11.3. The van der Waals surface area contributed by atoms with Crippen LogP contribution in [0.5, 0.6) is 0 Å². The molecular weight excluding hydrogens is 198 g/mol. The predicted octanol–water partition coefficient (Wildman–Crippen LogP) is 3.06. The average molecular weight is 225 g/mol. The zero-order chi connectivity index (χ0) is 11.8. The number of rotatable bonds is 3. The summed E-state index contributed by atoms with van der Waals surface area (Å²) in [5, 5.41) is 0. The van der Waals surface area contributed by atoms with Crippen molar-refractivity contribution in [3.8, 4) is 0 Å². The van der Waals surface area contributed by atoms with Gasteiger partial charge in [0.05, 0.1) is 18.2 Å². The highest BCUT2D eigenvalue weighted by atomic mass is 16.5. The Balaban J connectivity index is 2.08. The van der Waals surface area contributed by atoms with E-state index in [2.05, 4.69) is 32.6 Å². The third kappa shape index (κ3) is 2.02. The van der Waals surface area contributed by atoms with Crippen molar-refractivity contribution in [3.05, 3.63) is 0 Å². The summed E-state index contributed by atoms with van der Waals surface area (Å²) < 4.78 is 5.87. The van der Waals surface area contributed by atoms with Crippen LogP contribution in [0.3, 0.4) is 0 Å². The van der Waals surface area contributed by atoms with Crippen LogP contribution < -0.4 is 0 Å². The van der Waals surface area contributed by atoms with E-state index in [-0.39, 0.29) is 0 Å². The first kappa shape index (κ1) is 12.4. The smallest absolute Gasteiger partial charge is 0.0784 e. The molecule has 1 spiro atoms. The Hall–Kier alpha value is -0.0800. The maximum absolute atomic E-state index is 5.87. The molecule has 2 heterocycles. The molecule has 2 fully saturated rings. The number of piperidine rings is 1. The van der Waals surface area contributed by atoms with Gasteiger partial charge in [0.2, 0.25) is 0 Å². The van der Waals surface area contributed by atoms with Crippen molar-refractivity contribution >= 4 is 0 Å². The second-order valence-corrected chi connectivity index (χ2v) is 6.28. The highest BCUT2D eigenvalue weighted by Gasteiger charge is 2.53. The first-order valence-electron chi connectivity index (χ1n) is 6.94. The van der Waals surface area contributed by atoms with E-state index in [1.807, 2.05) is 0 Å². The fraction of sp³-hybridized carbons (Fsp3) is 1.00. The summed E-state index contributed by atoms with van der Waals surface area (Å²) in [5.74, 6) is 0.748. The fourth-order valence-electron chi connectivity index (χ4n) is 3.46. The molecule has 0 radical (unpaired) electrons. The van der Waals surface area contributed by atoms with E-state index < -0.39 is 0 Å². The number of hydrogen-bond acceptors (Lipinski definition) is 2. The van der Waals surface area contributed by atoms with Gasteiger partial charge in [0, 0.05) is 6.04 Å². The first-order valence-corrected chi connectivity index (χ1v) is 6.94. The Morgan fingerprint density at radius 3 is 2.50 bits per heavy atom. The van der Waals surface area contributed by atoms with Crippen LogP contribution >= 0.6 is 0 Å². The Kier molecular flexibility index (Phi) is 3.60. The van der Waals surface area contributed by atoms with Crippen LogP contribution in [0, 0.1) is 5.92 Å². The van der Waals surface area contributed by atoms with Gasteiger partial charge in [0.1, 0.15) is 0 Å². The summed E-state index contributed by atoms with van der Waals surface area (Å²) in [4.78, 5) is 2.72. The molecule has 2 unspecified atom stereocenters. The minimum Gasteiger partial charge on any atom is -0.374 e. The molecule has 2 aliphatic rings. The van der Waals surface area contributed by atoms with Gasteiger partial charge in [-0.15, -0.1) is 0 Å². The molecule has 16 heavy (non-hydrogen) atoms. The summed E-state index contributed by atoms with van der Waals surface area (Å²) >= 11 is 0. The molecule has 0 aliphatic carbocycles. The molecule has 0 amide bonds. The van der Waals surface area contributed by atoms with Gasteiger partial charge in [-0.25, -0.2) is 0 Å². The van der Waals surface area contributed by atoms with Gasteiger partial charge in [0.25, 0.3) is 0 Å². The maximum Gasteiger partial charge on any atom is 0.0784 e. The Morgan fingerprint density at radius 2 is 2.00 bits per heavy atom. The third-order valence-electron chi connectivity index (χ3n) is 4.27. The lowest BCUT2D eigenvalue weighted by Gasteiger charge is -2.59. The van der Waals surface area contributed by atoms with Crippen molar-refractivity contribution in [1.82, 2.24) is 4.90 Å². The van der Waals surface area contributed by atoms with Crippen molar-refractivity contribution in [1.29, 1.82) is 0 Å². The van der Waals surface area contributed by atoms with Crippen molar-refractivity contribution in [3.63, 3.8) is 0 Å². The van der Waals surface area contributed by atoms with Crippen molar-refractivity contribution in [2.45, 2.75) is 71.1 Å². The van der Waals surface area contributed by atoms with Gasteiger partial charge in [-0.1, -0.05) is 20.3 Å². The summed E-state index contributed by atoms with van der Waals surface area (Å²) in [5.41, 5.74) is 0.399. The van der Waals surface area contributed by atoms with Gasteiger partial charge >= 0.3 is 0 Å². The van der Waals surface area contributed by atoms with Gasteiger partial charge < -0.3 is 4.74 Å². The number of likely N-dealkylation sites (tertiary alicyclic amines) is 1. The van der Waals surface area contributed by atoms with Gasteiger partial charge in [-0.05, 0) is 45.6 Å². The van der Waals surface area contributed by atoms with Gasteiger partial charge in [-0.2, -0.15) is 0 Å². The second-order valence-electron chi connectivity index (χ2n) is 6.28. The topological polar surface area (TPSA) is 12.5 Å². The molecule has 0 aromatic heterocycles. The van der Waals surface area contributed by atoms with Crippen LogP contribution in [-0.4, -0.2) is 35.7 Å². The minimum absolute atomic E-state index is 0.399. The molecule has 2 heteroatoms. The molecule has 0 aromatic carbocycles. The number of nitrogens with zero attached hydrogens (tertiary/aromatic N) is 1. The number of ether oxygens (including phenoxy) is 1. The van der Waals surface area contributed by atoms with E-state index in [1.54, 1.807) is 0 Å². The Morgan fingerprint density at radius 1 is 1.25 bits per heavy atom. The molecule has 2 atom stereocenters. The summed E-state index contributed by atoms with van der Waals surface area (Å²) in [6.45, 7) is 11.5. The highest BCUT2D eigenvalue weighted by Crippen LogP contribution is 2.43. The molecule has 0 aromatic rings. The predicted molar refractivity (Wildman–Crippen MR) is 67.6 cm³/mol. The maximum atomic E-state index is 5.87. The molecule has 0 N–H and O–H groups in total. The SMILES string of the molecule is CC(C)CC1OCC12CCCCN2C(C)C. The van der Waals surface area contributed by atoms with Crippen LogP contribution in [0.2, 0.25) is 0 Å². The molecule has 0 bridgehead atoms.